The van der Waals surface area contributed by atoms with Crippen LogP contribution in [0.1, 0.15) is 46.2 Å². The molecular formula is C24H19F2N7O3S. The molecule has 10 nitrogen and oxygen atoms in total. The van der Waals surface area contributed by atoms with Gasteiger partial charge in [0.15, 0.2) is 5.01 Å². The van der Waals surface area contributed by atoms with Gasteiger partial charge in [-0.15, -0.1) is 15.3 Å². The number of pyridine rings is 1. The molecule has 0 bridgehead atoms. The number of halogens is 2. The van der Waals surface area contributed by atoms with Crippen molar-refractivity contribution in [1.82, 2.24) is 25.4 Å². The zero-order chi connectivity index (χ0) is 25.9. The number of amides is 1. The van der Waals surface area contributed by atoms with E-state index in [9.17, 15) is 13.6 Å². The zero-order valence-corrected chi connectivity index (χ0v) is 20.4. The lowest BCUT2D eigenvalue weighted by molar-refractivity contribution is 0.102. The fraction of sp³-hybridized carbons (Fsp3) is 0.250. The molecule has 13 heteroatoms. The smallest absolute Gasteiger partial charge is 0.320 e. The summed E-state index contributed by atoms with van der Waals surface area (Å²) >= 11 is 1.15. The van der Waals surface area contributed by atoms with Gasteiger partial charge in [0.1, 0.15) is 11.4 Å². The van der Waals surface area contributed by atoms with Gasteiger partial charge in [-0.2, -0.15) is 0 Å². The van der Waals surface area contributed by atoms with Gasteiger partial charge in [-0.3, -0.25) is 15.1 Å². The van der Waals surface area contributed by atoms with Crippen molar-refractivity contribution in [2.75, 3.05) is 17.7 Å². The summed E-state index contributed by atoms with van der Waals surface area (Å²) < 4.78 is 37.7. The largest absolute Gasteiger partial charge is 0.494 e. The SMILES string of the molecule is COc1cnc(C(F)F)cc1-c1cc(Nc2nnc(C)o2)ccc1C(=O)Nc1nnc(C#CC2CC2)s1. The first-order valence-electron chi connectivity index (χ1n) is 11.1. The molecule has 0 spiro atoms. The number of hydrogen-bond acceptors (Lipinski definition) is 10. The van der Waals surface area contributed by atoms with E-state index in [2.05, 4.69) is 47.9 Å². The molecule has 1 aromatic carbocycles. The van der Waals surface area contributed by atoms with Gasteiger partial charge in [-0.1, -0.05) is 22.4 Å². The van der Waals surface area contributed by atoms with Gasteiger partial charge in [0.05, 0.1) is 13.3 Å². The lowest BCUT2D eigenvalue weighted by Gasteiger charge is -2.15. The molecule has 1 aliphatic carbocycles. The van der Waals surface area contributed by atoms with E-state index < -0.39 is 18.0 Å². The highest BCUT2D eigenvalue weighted by Gasteiger charge is 2.22. The highest BCUT2D eigenvalue weighted by molar-refractivity contribution is 7.15. The third-order valence-corrected chi connectivity index (χ3v) is 6.02. The monoisotopic (exact) mass is 523 g/mol. The topological polar surface area (TPSA) is 128 Å². The Balaban J connectivity index is 1.51. The average molecular weight is 524 g/mol. The van der Waals surface area contributed by atoms with Crippen LogP contribution in [0.15, 0.2) is 34.9 Å². The molecule has 0 unspecified atom stereocenters. The molecule has 188 valence electrons. The predicted molar refractivity (Wildman–Crippen MR) is 131 cm³/mol. The Kier molecular flexibility index (Phi) is 6.74. The van der Waals surface area contributed by atoms with Gasteiger partial charge in [0.2, 0.25) is 11.0 Å². The highest BCUT2D eigenvalue weighted by Crippen LogP contribution is 2.37. The van der Waals surface area contributed by atoms with Gasteiger partial charge in [-0.25, -0.2) is 8.78 Å². The first kappa shape index (κ1) is 24.3. The minimum Gasteiger partial charge on any atom is -0.494 e. The number of aryl methyl sites for hydroxylation is 1. The van der Waals surface area contributed by atoms with Crippen molar-refractivity contribution in [3.8, 4) is 28.7 Å². The van der Waals surface area contributed by atoms with Gasteiger partial charge < -0.3 is 14.5 Å². The minimum absolute atomic E-state index is 0.129. The summed E-state index contributed by atoms with van der Waals surface area (Å²) in [7, 11) is 1.39. The van der Waals surface area contributed by atoms with Crippen molar-refractivity contribution in [3.05, 3.63) is 52.6 Å². The second-order valence-electron chi connectivity index (χ2n) is 8.03. The van der Waals surface area contributed by atoms with Crippen molar-refractivity contribution in [2.24, 2.45) is 5.92 Å². The second kappa shape index (κ2) is 10.3. The number of alkyl halides is 2. The maximum atomic E-state index is 13.5. The molecule has 1 fully saturated rings. The second-order valence-corrected chi connectivity index (χ2v) is 9.01. The number of anilines is 3. The van der Waals surface area contributed by atoms with Crippen LogP contribution in [0.2, 0.25) is 0 Å². The number of benzene rings is 1. The summed E-state index contributed by atoms with van der Waals surface area (Å²) in [6, 6.07) is 6.06. The van der Waals surface area contributed by atoms with E-state index in [1.54, 1.807) is 19.1 Å². The molecule has 5 rings (SSSR count). The Morgan fingerprint density at radius 3 is 2.73 bits per heavy atom. The molecule has 2 N–H and O–H groups in total. The van der Waals surface area contributed by atoms with Crippen molar-refractivity contribution in [1.29, 1.82) is 0 Å². The number of aromatic nitrogens is 5. The Hall–Kier alpha value is -4.44. The van der Waals surface area contributed by atoms with Crippen LogP contribution in [-0.2, 0) is 0 Å². The number of carbonyl (C=O) groups is 1. The summed E-state index contributed by atoms with van der Waals surface area (Å²) in [5, 5.41) is 22.1. The summed E-state index contributed by atoms with van der Waals surface area (Å²) in [6.45, 7) is 1.64. The van der Waals surface area contributed by atoms with Gasteiger partial charge in [0.25, 0.3) is 12.3 Å². The maximum Gasteiger partial charge on any atom is 0.320 e. The molecule has 1 saturated carbocycles. The van der Waals surface area contributed by atoms with Crippen LogP contribution in [0.5, 0.6) is 5.75 Å². The van der Waals surface area contributed by atoms with Crippen molar-refractivity contribution >= 4 is 34.1 Å². The van der Waals surface area contributed by atoms with E-state index in [-0.39, 0.29) is 28.0 Å². The number of nitrogens with zero attached hydrogens (tertiary/aromatic N) is 5. The third kappa shape index (κ3) is 5.70. The molecule has 3 heterocycles. The molecule has 0 aliphatic heterocycles. The normalized spacial score (nSPS) is 12.7. The van der Waals surface area contributed by atoms with E-state index in [0.717, 1.165) is 24.2 Å². The van der Waals surface area contributed by atoms with Crippen LogP contribution in [0, 0.1) is 24.7 Å². The van der Waals surface area contributed by atoms with E-state index >= 15 is 0 Å². The molecule has 4 aromatic rings. The molecule has 37 heavy (non-hydrogen) atoms. The van der Waals surface area contributed by atoms with E-state index in [4.69, 9.17) is 9.15 Å². The van der Waals surface area contributed by atoms with Gasteiger partial charge in [0, 0.05) is 35.2 Å². The van der Waals surface area contributed by atoms with Crippen molar-refractivity contribution in [2.45, 2.75) is 26.2 Å². The Morgan fingerprint density at radius 2 is 2.03 bits per heavy atom. The molecule has 0 atom stereocenters. The average Bonchev–Trinajstić information content (AvgIpc) is 3.48. The molecule has 1 aliphatic rings. The predicted octanol–water partition coefficient (Wildman–Crippen LogP) is 5.00. The molecule has 3 aromatic heterocycles. The van der Waals surface area contributed by atoms with Gasteiger partial charge in [-0.05, 0) is 43.0 Å². The summed E-state index contributed by atoms with van der Waals surface area (Å²) in [5.74, 6) is 6.50. The van der Waals surface area contributed by atoms with Crippen molar-refractivity contribution in [3.63, 3.8) is 0 Å². The standard InChI is InChI=1S/C24H19F2N7O3S/c1-12-30-32-23(36-12)28-14-6-7-15(16(9-14)17-10-18(21(25)26)27-11-19(17)35-2)22(34)29-24-33-31-20(37-24)8-5-13-3-4-13/h6-7,9-11,13,21H,3-4H2,1-2H3,(H,28,32)(H,29,33,34). The van der Waals surface area contributed by atoms with Crippen LogP contribution < -0.4 is 15.4 Å². The summed E-state index contributed by atoms with van der Waals surface area (Å²) in [5.41, 5.74) is 0.741. The number of carbonyl (C=O) groups excluding carboxylic acids is 1. The number of nitrogens with one attached hydrogen (secondary N) is 2. The lowest BCUT2D eigenvalue weighted by Crippen LogP contribution is -2.13. The van der Waals surface area contributed by atoms with Crippen LogP contribution in [-0.4, -0.2) is 38.4 Å². The summed E-state index contributed by atoms with van der Waals surface area (Å²) in [6.07, 6.45) is 0.540. The Labute approximate surface area is 213 Å². The first-order valence-corrected chi connectivity index (χ1v) is 11.9. The number of methoxy groups -OCH3 is 1. The molecule has 1 amide bonds. The van der Waals surface area contributed by atoms with Crippen molar-refractivity contribution < 1.29 is 22.7 Å². The fourth-order valence-electron chi connectivity index (χ4n) is 3.35. The molecular weight excluding hydrogens is 504 g/mol. The number of ether oxygens (including phenoxy) is 1. The Bertz CT molecular complexity index is 1520. The lowest BCUT2D eigenvalue weighted by atomic mass is 9.97. The van der Waals surface area contributed by atoms with E-state index in [1.165, 1.54) is 25.4 Å². The zero-order valence-electron chi connectivity index (χ0n) is 19.6. The van der Waals surface area contributed by atoms with Crippen LogP contribution in [0.4, 0.5) is 25.6 Å². The van der Waals surface area contributed by atoms with Crippen LogP contribution >= 0.6 is 11.3 Å². The minimum atomic E-state index is -2.82. The number of hydrogen-bond donors (Lipinski definition) is 2. The maximum absolute atomic E-state index is 13.5. The third-order valence-electron chi connectivity index (χ3n) is 5.27. The first-order chi connectivity index (χ1) is 17.9. The molecule has 0 saturated heterocycles. The van der Waals surface area contributed by atoms with Crippen LogP contribution in [0.25, 0.3) is 11.1 Å². The highest BCUT2D eigenvalue weighted by atomic mass is 32.1. The van der Waals surface area contributed by atoms with Crippen LogP contribution in [0.3, 0.4) is 0 Å². The number of rotatable bonds is 7. The Morgan fingerprint density at radius 1 is 1.19 bits per heavy atom. The van der Waals surface area contributed by atoms with E-state index in [1.807, 2.05) is 0 Å². The van der Waals surface area contributed by atoms with E-state index in [0.29, 0.717) is 28.1 Å². The molecule has 0 radical (unpaired) electrons. The fourth-order valence-corrected chi connectivity index (χ4v) is 3.95. The quantitative estimate of drug-likeness (QED) is 0.322. The van der Waals surface area contributed by atoms with Gasteiger partial charge >= 0.3 is 6.01 Å². The summed E-state index contributed by atoms with van der Waals surface area (Å²) in [4.78, 5) is 17.1.